The summed E-state index contributed by atoms with van der Waals surface area (Å²) < 4.78 is 16.6. The minimum Gasteiger partial charge on any atom is -0.493 e. The SMILES string of the molecule is COc1cc2c(cc1OC)C(C)N(C(=O)C(C)Oc1ccc(Cl)cc1Cl)CC2. The van der Waals surface area contributed by atoms with Crippen LogP contribution in [0.2, 0.25) is 10.0 Å². The van der Waals surface area contributed by atoms with Gasteiger partial charge in [-0.2, -0.15) is 0 Å². The Balaban J connectivity index is 1.79. The third-order valence-corrected chi connectivity index (χ3v) is 5.54. The van der Waals surface area contributed by atoms with E-state index in [9.17, 15) is 4.79 Å². The Morgan fingerprint density at radius 1 is 1.11 bits per heavy atom. The van der Waals surface area contributed by atoms with Crippen LogP contribution < -0.4 is 14.2 Å². The smallest absolute Gasteiger partial charge is 0.263 e. The Morgan fingerprint density at radius 2 is 1.79 bits per heavy atom. The molecule has 0 fully saturated rings. The van der Waals surface area contributed by atoms with Gasteiger partial charge in [-0.1, -0.05) is 23.2 Å². The van der Waals surface area contributed by atoms with E-state index < -0.39 is 6.10 Å². The second-order valence-electron chi connectivity index (χ2n) is 6.70. The molecule has 0 radical (unpaired) electrons. The van der Waals surface area contributed by atoms with Crippen LogP contribution in [0.25, 0.3) is 0 Å². The summed E-state index contributed by atoms with van der Waals surface area (Å²) in [6.45, 7) is 4.33. The summed E-state index contributed by atoms with van der Waals surface area (Å²) in [4.78, 5) is 14.9. The zero-order chi connectivity index (χ0) is 20.4. The van der Waals surface area contributed by atoms with Crippen LogP contribution in [0.4, 0.5) is 0 Å². The van der Waals surface area contributed by atoms with Gasteiger partial charge in [0.1, 0.15) is 5.75 Å². The Bertz CT molecular complexity index is 887. The van der Waals surface area contributed by atoms with Crippen molar-refractivity contribution in [1.82, 2.24) is 4.90 Å². The lowest BCUT2D eigenvalue weighted by atomic mass is 9.92. The molecule has 1 aliphatic rings. The summed E-state index contributed by atoms with van der Waals surface area (Å²) in [5.41, 5.74) is 2.21. The van der Waals surface area contributed by atoms with Crippen molar-refractivity contribution < 1.29 is 19.0 Å². The minimum absolute atomic E-state index is 0.0982. The Kier molecular flexibility index (Phi) is 6.26. The van der Waals surface area contributed by atoms with E-state index in [2.05, 4.69) is 0 Å². The van der Waals surface area contributed by atoms with Gasteiger partial charge in [-0.15, -0.1) is 0 Å². The number of nitrogens with zero attached hydrogens (tertiary/aromatic N) is 1. The van der Waals surface area contributed by atoms with Gasteiger partial charge in [0.25, 0.3) is 5.91 Å². The molecule has 0 saturated heterocycles. The van der Waals surface area contributed by atoms with Gasteiger partial charge in [0.2, 0.25) is 0 Å². The monoisotopic (exact) mass is 423 g/mol. The molecule has 0 bridgehead atoms. The number of rotatable bonds is 5. The predicted molar refractivity (Wildman–Crippen MR) is 110 cm³/mol. The molecular formula is C21H23Cl2NO4. The molecule has 7 heteroatoms. The molecule has 2 aromatic rings. The first kappa shape index (κ1) is 20.6. The van der Waals surface area contributed by atoms with E-state index in [1.165, 1.54) is 0 Å². The topological polar surface area (TPSA) is 48.0 Å². The average Bonchev–Trinajstić information content (AvgIpc) is 2.69. The van der Waals surface area contributed by atoms with Gasteiger partial charge in [0, 0.05) is 11.6 Å². The Labute approximate surface area is 175 Å². The molecule has 0 N–H and O–H groups in total. The molecule has 3 rings (SSSR count). The average molecular weight is 424 g/mol. The second kappa shape index (κ2) is 8.50. The van der Waals surface area contributed by atoms with Crippen molar-refractivity contribution in [3.05, 3.63) is 51.5 Å². The van der Waals surface area contributed by atoms with E-state index in [1.54, 1.807) is 39.3 Å². The lowest BCUT2D eigenvalue weighted by Crippen LogP contribution is -2.45. The van der Waals surface area contributed by atoms with Crippen LogP contribution in [0.15, 0.2) is 30.3 Å². The van der Waals surface area contributed by atoms with Gasteiger partial charge >= 0.3 is 0 Å². The highest BCUT2D eigenvalue weighted by molar-refractivity contribution is 6.35. The third kappa shape index (κ3) is 4.01. The summed E-state index contributed by atoms with van der Waals surface area (Å²) in [5.74, 6) is 1.68. The number of fused-ring (bicyclic) bond motifs is 1. The molecule has 0 aromatic heterocycles. The van der Waals surface area contributed by atoms with E-state index in [0.29, 0.717) is 33.8 Å². The van der Waals surface area contributed by atoms with E-state index in [4.69, 9.17) is 37.4 Å². The summed E-state index contributed by atoms with van der Waals surface area (Å²) in [7, 11) is 3.22. The van der Waals surface area contributed by atoms with Crippen LogP contribution in [0.3, 0.4) is 0 Å². The largest absolute Gasteiger partial charge is 0.493 e. The lowest BCUT2D eigenvalue weighted by Gasteiger charge is -2.37. The summed E-state index contributed by atoms with van der Waals surface area (Å²) in [6.07, 6.45) is 0.0584. The Hall–Kier alpha value is -2.11. The van der Waals surface area contributed by atoms with Gasteiger partial charge in [-0.05, 0) is 61.7 Å². The Morgan fingerprint density at radius 3 is 2.43 bits per heavy atom. The highest BCUT2D eigenvalue weighted by Crippen LogP contribution is 2.38. The molecule has 1 aliphatic heterocycles. The van der Waals surface area contributed by atoms with Crippen molar-refractivity contribution in [3.8, 4) is 17.2 Å². The van der Waals surface area contributed by atoms with E-state index in [-0.39, 0.29) is 11.9 Å². The number of carbonyl (C=O) groups is 1. The molecule has 2 atom stereocenters. The molecule has 1 heterocycles. The molecule has 2 unspecified atom stereocenters. The van der Waals surface area contributed by atoms with Gasteiger partial charge in [0.15, 0.2) is 17.6 Å². The number of halogens is 2. The maximum atomic E-state index is 13.1. The quantitative estimate of drug-likeness (QED) is 0.684. The molecular weight excluding hydrogens is 401 g/mol. The van der Waals surface area contributed by atoms with Crippen LogP contribution in [0, 0.1) is 0 Å². The zero-order valence-corrected chi connectivity index (χ0v) is 17.8. The molecule has 150 valence electrons. The van der Waals surface area contributed by atoms with E-state index in [1.807, 2.05) is 24.0 Å². The molecule has 28 heavy (non-hydrogen) atoms. The predicted octanol–water partition coefficient (Wildman–Crippen LogP) is 4.92. The maximum absolute atomic E-state index is 13.1. The summed E-state index contributed by atoms with van der Waals surface area (Å²) >= 11 is 12.1. The van der Waals surface area contributed by atoms with Crippen LogP contribution in [-0.4, -0.2) is 37.7 Å². The number of hydrogen-bond acceptors (Lipinski definition) is 4. The molecule has 0 spiro atoms. The summed E-state index contributed by atoms with van der Waals surface area (Å²) in [5, 5.41) is 0.892. The van der Waals surface area contributed by atoms with E-state index >= 15 is 0 Å². The highest BCUT2D eigenvalue weighted by atomic mass is 35.5. The van der Waals surface area contributed by atoms with Gasteiger partial charge in [0.05, 0.1) is 25.3 Å². The lowest BCUT2D eigenvalue weighted by molar-refractivity contribution is -0.140. The van der Waals surface area contributed by atoms with Crippen molar-refractivity contribution in [2.24, 2.45) is 0 Å². The second-order valence-corrected chi connectivity index (χ2v) is 7.54. The number of amides is 1. The van der Waals surface area contributed by atoms with Crippen LogP contribution >= 0.6 is 23.2 Å². The maximum Gasteiger partial charge on any atom is 0.263 e. The van der Waals surface area contributed by atoms with Crippen molar-refractivity contribution in [2.45, 2.75) is 32.4 Å². The van der Waals surface area contributed by atoms with Gasteiger partial charge in [-0.3, -0.25) is 4.79 Å². The minimum atomic E-state index is -0.678. The first-order valence-electron chi connectivity index (χ1n) is 9.02. The standard InChI is InChI=1S/C21H23Cl2NO4/c1-12-16-11-20(27-4)19(26-3)9-14(16)7-8-24(12)21(25)13(2)28-18-6-5-15(22)10-17(18)23/h5-6,9-13H,7-8H2,1-4H3. The first-order valence-corrected chi connectivity index (χ1v) is 9.78. The third-order valence-electron chi connectivity index (χ3n) is 5.01. The molecule has 0 saturated carbocycles. The highest BCUT2D eigenvalue weighted by Gasteiger charge is 2.32. The van der Waals surface area contributed by atoms with Crippen molar-refractivity contribution >= 4 is 29.1 Å². The van der Waals surface area contributed by atoms with Crippen LogP contribution in [0.1, 0.15) is 31.0 Å². The molecule has 1 amide bonds. The van der Waals surface area contributed by atoms with Gasteiger partial charge in [-0.25, -0.2) is 0 Å². The molecule has 5 nitrogen and oxygen atoms in total. The van der Waals surface area contributed by atoms with Crippen LogP contribution in [-0.2, 0) is 11.2 Å². The molecule has 2 aromatic carbocycles. The fourth-order valence-electron chi connectivity index (χ4n) is 3.49. The van der Waals surface area contributed by atoms with Crippen molar-refractivity contribution in [2.75, 3.05) is 20.8 Å². The number of hydrogen-bond donors (Lipinski definition) is 0. The molecule has 0 aliphatic carbocycles. The van der Waals surface area contributed by atoms with E-state index in [0.717, 1.165) is 17.5 Å². The fourth-order valence-corrected chi connectivity index (χ4v) is 3.94. The first-order chi connectivity index (χ1) is 13.3. The van der Waals surface area contributed by atoms with Crippen molar-refractivity contribution in [3.63, 3.8) is 0 Å². The normalized spacial score (nSPS) is 16.9. The van der Waals surface area contributed by atoms with Crippen molar-refractivity contribution in [1.29, 1.82) is 0 Å². The fraction of sp³-hybridized carbons (Fsp3) is 0.381. The summed E-state index contributed by atoms with van der Waals surface area (Å²) in [6, 6.07) is 8.76. The number of ether oxygens (including phenoxy) is 3. The number of methoxy groups -OCH3 is 2. The van der Waals surface area contributed by atoms with Crippen LogP contribution in [0.5, 0.6) is 17.2 Å². The van der Waals surface area contributed by atoms with Gasteiger partial charge < -0.3 is 19.1 Å². The number of carbonyl (C=O) groups excluding carboxylic acids is 1. The zero-order valence-electron chi connectivity index (χ0n) is 16.3. The number of benzene rings is 2.